The van der Waals surface area contributed by atoms with Crippen LogP contribution in [0.25, 0.3) is 10.2 Å². The third-order valence-electron chi connectivity index (χ3n) is 4.04. The molecule has 0 aliphatic rings. The van der Waals surface area contributed by atoms with E-state index in [0.29, 0.717) is 17.4 Å². The Morgan fingerprint density at radius 3 is 2.29 bits per heavy atom. The maximum absolute atomic E-state index is 12.1. The highest BCUT2D eigenvalue weighted by Gasteiger charge is 2.20. The lowest BCUT2D eigenvalue weighted by molar-refractivity contribution is -0.116. The molecule has 1 aromatic heterocycles. The summed E-state index contributed by atoms with van der Waals surface area (Å²) in [6.07, 6.45) is 0. The molecule has 0 unspecified atom stereocenters. The van der Waals surface area contributed by atoms with E-state index < -0.39 is 0 Å². The molecular formula is C17H25N3O3S. The van der Waals surface area contributed by atoms with Crippen molar-refractivity contribution in [3.8, 4) is 11.5 Å². The van der Waals surface area contributed by atoms with Gasteiger partial charge in [-0.25, -0.2) is 4.98 Å². The van der Waals surface area contributed by atoms with E-state index in [1.807, 2.05) is 12.1 Å². The minimum Gasteiger partial charge on any atom is -0.495 e. The van der Waals surface area contributed by atoms with Gasteiger partial charge in [-0.3, -0.25) is 9.69 Å². The third-order valence-corrected chi connectivity index (χ3v) is 5.14. The van der Waals surface area contributed by atoms with E-state index in [1.165, 1.54) is 11.3 Å². The Labute approximate surface area is 147 Å². The van der Waals surface area contributed by atoms with Gasteiger partial charge in [0.2, 0.25) is 5.91 Å². The van der Waals surface area contributed by atoms with E-state index in [0.717, 1.165) is 35.6 Å². The van der Waals surface area contributed by atoms with Crippen molar-refractivity contribution in [1.82, 2.24) is 9.88 Å². The van der Waals surface area contributed by atoms with Crippen LogP contribution < -0.4 is 14.4 Å². The summed E-state index contributed by atoms with van der Waals surface area (Å²) in [4.78, 5) is 20.8. The van der Waals surface area contributed by atoms with Gasteiger partial charge in [-0.05, 0) is 25.2 Å². The molecule has 7 heteroatoms. The van der Waals surface area contributed by atoms with Crippen molar-refractivity contribution >= 4 is 32.6 Å². The Kier molecular flexibility index (Phi) is 6.39. The molecule has 2 aromatic rings. The van der Waals surface area contributed by atoms with E-state index in [1.54, 1.807) is 26.0 Å². The number of carbonyl (C=O) groups is 1. The molecule has 0 bridgehead atoms. The number of thiazole rings is 1. The molecule has 2 rings (SSSR count). The highest BCUT2D eigenvalue weighted by atomic mass is 32.1. The summed E-state index contributed by atoms with van der Waals surface area (Å²) in [5.74, 6) is 1.40. The molecule has 132 valence electrons. The molecule has 0 saturated heterocycles. The second kappa shape index (κ2) is 8.30. The van der Waals surface area contributed by atoms with Crippen LogP contribution in [0, 0.1) is 0 Å². The first-order chi connectivity index (χ1) is 11.5. The summed E-state index contributed by atoms with van der Waals surface area (Å²) in [6.45, 7) is 9.17. The van der Waals surface area contributed by atoms with Gasteiger partial charge in [0.1, 0.15) is 21.7 Å². The minimum absolute atomic E-state index is 0.0147. The van der Waals surface area contributed by atoms with Crippen molar-refractivity contribution in [3.63, 3.8) is 0 Å². The number of likely N-dealkylation sites (N-methyl/N-ethyl adjacent to an activating group) is 1. The summed E-state index contributed by atoms with van der Waals surface area (Å²) in [5.41, 5.74) is 0.728. The second-order valence-corrected chi connectivity index (χ2v) is 6.32. The molecule has 0 spiro atoms. The number of methoxy groups -OCH3 is 2. The number of anilines is 1. The zero-order valence-electron chi connectivity index (χ0n) is 15.0. The monoisotopic (exact) mass is 351 g/mol. The zero-order valence-corrected chi connectivity index (χ0v) is 15.8. The summed E-state index contributed by atoms with van der Waals surface area (Å²) in [6, 6.07) is 3.69. The van der Waals surface area contributed by atoms with Crippen molar-refractivity contribution in [2.75, 3.05) is 45.3 Å². The lowest BCUT2D eigenvalue weighted by Gasteiger charge is -2.23. The Bertz CT molecular complexity index is 657. The largest absolute Gasteiger partial charge is 0.495 e. The minimum atomic E-state index is -0.0147. The number of ether oxygens (including phenoxy) is 2. The van der Waals surface area contributed by atoms with Crippen molar-refractivity contribution in [1.29, 1.82) is 0 Å². The molecule has 0 saturated carbocycles. The second-order valence-electron chi connectivity index (χ2n) is 5.34. The number of hydrogen-bond donors (Lipinski definition) is 0. The smallest absolute Gasteiger partial charge is 0.225 e. The van der Waals surface area contributed by atoms with Crippen LogP contribution in [0.1, 0.15) is 20.8 Å². The number of benzene rings is 1. The van der Waals surface area contributed by atoms with Gasteiger partial charge >= 0.3 is 0 Å². The number of rotatable bonds is 8. The number of aromatic nitrogens is 1. The van der Waals surface area contributed by atoms with Crippen LogP contribution >= 0.6 is 11.3 Å². The molecule has 24 heavy (non-hydrogen) atoms. The first-order valence-electron chi connectivity index (χ1n) is 8.07. The molecule has 0 atom stereocenters. The number of hydrogen-bond acceptors (Lipinski definition) is 6. The highest BCUT2D eigenvalue weighted by molar-refractivity contribution is 7.22. The Hall–Kier alpha value is -1.86. The average molecular weight is 351 g/mol. The topological polar surface area (TPSA) is 54.9 Å². The molecular weight excluding hydrogens is 326 g/mol. The van der Waals surface area contributed by atoms with Gasteiger partial charge in [0.25, 0.3) is 0 Å². The SMILES string of the molecule is CCN(CC)CCN(C(C)=O)c1nc2c(OC)ccc(OC)c2s1. The van der Waals surface area contributed by atoms with E-state index in [9.17, 15) is 4.79 Å². The molecule has 0 radical (unpaired) electrons. The third kappa shape index (κ3) is 3.79. The van der Waals surface area contributed by atoms with Crippen molar-refractivity contribution in [2.24, 2.45) is 0 Å². The number of fused-ring (bicyclic) bond motifs is 1. The molecule has 0 N–H and O–H groups in total. The molecule has 0 aliphatic carbocycles. The molecule has 1 heterocycles. The van der Waals surface area contributed by atoms with Gasteiger partial charge in [-0.1, -0.05) is 25.2 Å². The van der Waals surface area contributed by atoms with Crippen LogP contribution in [-0.2, 0) is 4.79 Å². The van der Waals surface area contributed by atoms with Crippen molar-refractivity contribution in [2.45, 2.75) is 20.8 Å². The van der Waals surface area contributed by atoms with Crippen molar-refractivity contribution in [3.05, 3.63) is 12.1 Å². The van der Waals surface area contributed by atoms with Crippen LogP contribution in [0.15, 0.2) is 12.1 Å². The van der Waals surface area contributed by atoms with E-state index in [-0.39, 0.29) is 5.91 Å². The summed E-state index contributed by atoms with van der Waals surface area (Å²) < 4.78 is 11.7. The van der Waals surface area contributed by atoms with Crippen LogP contribution in [-0.4, -0.2) is 56.2 Å². The number of amides is 1. The fourth-order valence-corrected chi connectivity index (χ4v) is 3.70. The van der Waals surface area contributed by atoms with Crippen LogP contribution in [0.5, 0.6) is 11.5 Å². The fraction of sp³-hybridized carbons (Fsp3) is 0.529. The fourth-order valence-electron chi connectivity index (χ4n) is 2.56. The summed E-state index contributed by atoms with van der Waals surface area (Å²) in [5, 5.41) is 0.674. The van der Waals surface area contributed by atoms with Crippen LogP contribution in [0.3, 0.4) is 0 Å². The maximum atomic E-state index is 12.1. The van der Waals surface area contributed by atoms with Crippen molar-refractivity contribution < 1.29 is 14.3 Å². The van der Waals surface area contributed by atoms with Crippen LogP contribution in [0.2, 0.25) is 0 Å². The quantitative estimate of drug-likeness (QED) is 0.732. The summed E-state index contributed by atoms with van der Waals surface area (Å²) >= 11 is 1.45. The highest BCUT2D eigenvalue weighted by Crippen LogP contribution is 2.40. The maximum Gasteiger partial charge on any atom is 0.225 e. The predicted molar refractivity (Wildman–Crippen MR) is 98.5 cm³/mol. The lowest BCUT2D eigenvalue weighted by atomic mass is 10.3. The van der Waals surface area contributed by atoms with Gasteiger partial charge in [0, 0.05) is 20.0 Å². The van der Waals surface area contributed by atoms with Crippen LogP contribution in [0.4, 0.5) is 5.13 Å². The van der Waals surface area contributed by atoms with E-state index in [2.05, 4.69) is 23.7 Å². The lowest BCUT2D eigenvalue weighted by Crippen LogP contribution is -2.37. The van der Waals surface area contributed by atoms with Gasteiger partial charge < -0.3 is 14.4 Å². The van der Waals surface area contributed by atoms with Gasteiger partial charge in [0.15, 0.2) is 5.13 Å². The molecule has 0 aliphatic heterocycles. The molecule has 1 aromatic carbocycles. The average Bonchev–Trinajstić information content (AvgIpc) is 3.02. The Morgan fingerprint density at radius 2 is 1.75 bits per heavy atom. The normalized spacial score (nSPS) is 11.1. The molecule has 0 fully saturated rings. The number of nitrogens with zero attached hydrogens (tertiary/aromatic N) is 3. The Morgan fingerprint density at radius 1 is 1.12 bits per heavy atom. The first-order valence-corrected chi connectivity index (χ1v) is 8.89. The first kappa shape index (κ1) is 18.5. The molecule has 1 amide bonds. The van der Waals surface area contributed by atoms with E-state index >= 15 is 0 Å². The summed E-state index contributed by atoms with van der Waals surface area (Å²) in [7, 11) is 3.24. The van der Waals surface area contributed by atoms with E-state index in [4.69, 9.17) is 9.47 Å². The van der Waals surface area contributed by atoms with Gasteiger partial charge in [-0.2, -0.15) is 0 Å². The predicted octanol–water partition coefficient (Wildman–Crippen LogP) is 3.01. The molecule has 6 nitrogen and oxygen atoms in total. The Balaban J connectivity index is 2.38. The standard InChI is InChI=1S/C17H25N3O3S/c1-6-19(7-2)10-11-20(12(3)21)17-18-15-13(22-4)8-9-14(23-5)16(15)24-17/h8-9H,6-7,10-11H2,1-5H3. The van der Waals surface area contributed by atoms with Gasteiger partial charge in [0.05, 0.1) is 14.2 Å². The zero-order chi connectivity index (χ0) is 17.7. The number of carbonyl (C=O) groups excluding carboxylic acids is 1. The van der Waals surface area contributed by atoms with Gasteiger partial charge in [-0.15, -0.1) is 0 Å².